The third kappa shape index (κ3) is 3.74. The van der Waals surface area contributed by atoms with Crippen molar-refractivity contribution in [2.45, 2.75) is 44.9 Å². The lowest BCUT2D eigenvalue weighted by Gasteiger charge is -2.32. The molecule has 3 rings (SSSR count). The van der Waals surface area contributed by atoms with Gasteiger partial charge in [0.05, 0.1) is 14.2 Å². The number of piperidine rings is 1. The maximum atomic E-state index is 12.5. The first-order valence-corrected chi connectivity index (χ1v) is 8.89. The summed E-state index contributed by atoms with van der Waals surface area (Å²) in [4.78, 5) is 14.5. The quantitative estimate of drug-likeness (QED) is 0.773. The number of nitrogens with zero attached hydrogens (tertiary/aromatic N) is 1. The smallest absolute Gasteiger partial charge is 0.222 e. The van der Waals surface area contributed by atoms with E-state index in [1.807, 2.05) is 23.1 Å². The topological polar surface area (TPSA) is 38.8 Å². The van der Waals surface area contributed by atoms with Crippen LogP contribution in [-0.4, -0.2) is 38.1 Å². The maximum absolute atomic E-state index is 12.5. The van der Waals surface area contributed by atoms with Gasteiger partial charge in [0, 0.05) is 25.6 Å². The molecule has 1 amide bonds. The van der Waals surface area contributed by atoms with Crippen molar-refractivity contribution in [3.05, 3.63) is 34.9 Å². The summed E-state index contributed by atoms with van der Waals surface area (Å²) in [7, 11) is 3.29. The van der Waals surface area contributed by atoms with E-state index in [4.69, 9.17) is 9.47 Å². The van der Waals surface area contributed by atoms with Crippen LogP contribution < -0.4 is 9.47 Å². The number of benzene rings is 1. The first-order valence-electron chi connectivity index (χ1n) is 8.89. The Kier molecular flexibility index (Phi) is 5.44. The molecule has 0 spiro atoms. The molecule has 0 N–H and O–H groups in total. The number of ether oxygens (including phenoxy) is 2. The summed E-state index contributed by atoms with van der Waals surface area (Å²) < 4.78 is 10.6. The molecule has 0 bridgehead atoms. The van der Waals surface area contributed by atoms with Crippen molar-refractivity contribution >= 4 is 5.91 Å². The van der Waals surface area contributed by atoms with Gasteiger partial charge >= 0.3 is 0 Å². The number of carbonyl (C=O) groups is 1. The highest BCUT2D eigenvalue weighted by Crippen LogP contribution is 2.33. The van der Waals surface area contributed by atoms with Crippen LogP contribution in [-0.2, 0) is 11.2 Å². The molecule has 0 aromatic heterocycles. The van der Waals surface area contributed by atoms with Crippen molar-refractivity contribution < 1.29 is 14.3 Å². The molecule has 1 saturated heterocycles. The van der Waals surface area contributed by atoms with Crippen LogP contribution in [0.1, 0.15) is 44.1 Å². The Morgan fingerprint density at radius 3 is 2.33 bits per heavy atom. The standard InChI is InChI=1S/C20H27NO3/c1-23-18-8-6-17(19(14-18)24-2)7-9-20(22)21-12-10-16(11-13-21)15-4-3-5-15/h6,8,14H,3-5,7,9-13H2,1-2H3. The zero-order valence-corrected chi connectivity index (χ0v) is 14.8. The molecule has 4 nitrogen and oxygen atoms in total. The summed E-state index contributed by atoms with van der Waals surface area (Å²) in [6.07, 6.45) is 7.33. The summed E-state index contributed by atoms with van der Waals surface area (Å²) in [6.45, 7) is 1.77. The van der Waals surface area contributed by atoms with E-state index in [1.165, 1.54) is 19.3 Å². The van der Waals surface area contributed by atoms with E-state index in [1.54, 1.807) is 25.4 Å². The van der Waals surface area contributed by atoms with Crippen molar-refractivity contribution in [3.63, 3.8) is 0 Å². The predicted molar refractivity (Wildman–Crippen MR) is 94.6 cm³/mol. The first kappa shape index (κ1) is 16.9. The van der Waals surface area contributed by atoms with Gasteiger partial charge in [0.1, 0.15) is 11.5 Å². The van der Waals surface area contributed by atoms with E-state index < -0.39 is 0 Å². The first-order chi connectivity index (χ1) is 11.7. The lowest BCUT2D eigenvalue weighted by molar-refractivity contribution is -0.131. The summed E-state index contributed by atoms with van der Waals surface area (Å²) >= 11 is 0. The SMILES string of the molecule is COc1ccc(CCC(=O)N2CCC(=C3CCC3)CC2)c(OC)c1. The van der Waals surface area contributed by atoms with Crippen molar-refractivity contribution in [1.82, 2.24) is 4.90 Å². The number of rotatable bonds is 5. The van der Waals surface area contributed by atoms with E-state index in [0.29, 0.717) is 12.8 Å². The lowest BCUT2D eigenvalue weighted by Crippen LogP contribution is -2.37. The van der Waals surface area contributed by atoms with Gasteiger partial charge < -0.3 is 14.4 Å². The Morgan fingerprint density at radius 2 is 1.75 bits per heavy atom. The number of allylic oxidation sites excluding steroid dienone is 1. The van der Waals surface area contributed by atoms with Gasteiger partial charge in [-0.25, -0.2) is 0 Å². The molecule has 1 aromatic carbocycles. The van der Waals surface area contributed by atoms with Crippen LogP contribution in [0.4, 0.5) is 0 Å². The van der Waals surface area contributed by atoms with Gasteiger partial charge in [0.2, 0.25) is 5.91 Å². The highest BCUT2D eigenvalue weighted by atomic mass is 16.5. The van der Waals surface area contributed by atoms with Gasteiger partial charge in [-0.1, -0.05) is 17.2 Å². The molecule has 130 valence electrons. The fourth-order valence-electron chi connectivity index (χ4n) is 3.54. The van der Waals surface area contributed by atoms with Gasteiger partial charge in [-0.3, -0.25) is 4.79 Å². The fraction of sp³-hybridized carbons (Fsp3) is 0.550. The van der Waals surface area contributed by atoms with Crippen LogP contribution in [0.2, 0.25) is 0 Å². The van der Waals surface area contributed by atoms with Gasteiger partial charge in [0.15, 0.2) is 0 Å². The monoisotopic (exact) mass is 329 g/mol. The zero-order valence-electron chi connectivity index (χ0n) is 14.8. The molecule has 0 atom stereocenters. The van der Waals surface area contributed by atoms with E-state index in [2.05, 4.69) is 0 Å². The molecular weight excluding hydrogens is 302 g/mol. The molecule has 1 saturated carbocycles. The van der Waals surface area contributed by atoms with Gasteiger partial charge in [-0.2, -0.15) is 0 Å². The predicted octanol–water partition coefficient (Wildman–Crippen LogP) is 3.74. The normalized spacial score (nSPS) is 17.5. The summed E-state index contributed by atoms with van der Waals surface area (Å²) in [5, 5.41) is 0. The number of hydrogen-bond acceptors (Lipinski definition) is 3. The van der Waals surface area contributed by atoms with Crippen LogP contribution in [0.5, 0.6) is 11.5 Å². The average molecular weight is 329 g/mol. The average Bonchev–Trinajstić information content (AvgIpc) is 2.58. The van der Waals surface area contributed by atoms with Crippen molar-refractivity contribution in [2.24, 2.45) is 0 Å². The van der Waals surface area contributed by atoms with E-state index in [9.17, 15) is 4.79 Å². The number of methoxy groups -OCH3 is 2. The maximum Gasteiger partial charge on any atom is 0.222 e. The summed E-state index contributed by atoms with van der Waals surface area (Å²) in [5.74, 6) is 1.82. The molecule has 0 unspecified atom stereocenters. The Balaban J connectivity index is 1.52. The van der Waals surface area contributed by atoms with Gasteiger partial charge in [-0.15, -0.1) is 0 Å². The fourth-order valence-corrected chi connectivity index (χ4v) is 3.54. The molecule has 2 fully saturated rings. The van der Waals surface area contributed by atoms with Gasteiger partial charge in [-0.05, 0) is 50.2 Å². The second kappa shape index (κ2) is 7.73. The number of aryl methyl sites for hydroxylation is 1. The molecule has 1 heterocycles. The second-order valence-electron chi connectivity index (χ2n) is 6.62. The molecule has 24 heavy (non-hydrogen) atoms. The third-order valence-corrected chi connectivity index (χ3v) is 5.28. The summed E-state index contributed by atoms with van der Waals surface area (Å²) in [5.41, 5.74) is 4.35. The van der Waals surface area contributed by atoms with E-state index in [-0.39, 0.29) is 5.91 Å². The minimum Gasteiger partial charge on any atom is -0.497 e. The Labute approximate surface area is 144 Å². The van der Waals surface area contributed by atoms with Crippen molar-refractivity contribution in [3.8, 4) is 11.5 Å². The number of hydrogen-bond donors (Lipinski definition) is 0. The molecule has 1 aliphatic heterocycles. The minimum atomic E-state index is 0.255. The Hall–Kier alpha value is -1.97. The van der Waals surface area contributed by atoms with E-state index >= 15 is 0 Å². The van der Waals surface area contributed by atoms with Crippen LogP contribution >= 0.6 is 0 Å². The van der Waals surface area contributed by atoms with Crippen LogP contribution in [0.3, 0.4) is 0 Å². The Bertz CT molecular complexity index is 620. The molecule has 0 radical (unpaired) electrons. The van der Waals surface area contributed by atoms with Crippen LogP contribution in [0.25, 0.3) is 0 Å². The molecule has 4 heteroatoms. The highest BCUT2D eigenvalue weighted by Gasteiger charge is 2.22. The number of carbonyl (C=O) groups excluding carboxylic acids is 1. The largest absolute Gasteiger partial charge is 0.497 e. The van der Waals surface area contributed by atoms with E-state index in [0.717, 1.165) is 43.0 Å². The molecule has 1 aliphatic carbocycles. The third-order valence-electron chi connectivity index (χ3n) is 5.28. The van der Waals surface area contributed by atoms with Crippen LogP contribution in [0, 0.1) is 0 Å². The molecule has 1 aromatic rings. The minimum absolute atomic E-state index is 0.255. The molecular formula is C20H27NO3. The van der Waals surface area contributed by atoms with Gasteiger partial charge in [0.25, 0.3) is 0 Å². The Morgan fingerprint density at radius 1 is 1.04 bits per heavy atom. The number of amides is 1. The molecule has 2 aliphatic rings. The van der Waals surface area contributed by atoms with Crippen molar-refractivity contribution in [2.75, 3.05) is 27.3 Å². The lowest BCUT2D eigenvalue weighted by atomic mass is 9.84. The second-order valence-corrected chi connectivity index (χ2v) is 6.62. The zero-order chi connectivity index (χ0) is 16.9. The highest BCUT2D eigenvalue weighted by molar-refractivity contribution is 5.76. The number of likely N-dealkylation sites (tertiary alicyclic amines) is 1. The van der Waals surface area contributed by atoms with Crippen LogP contribution in [0.15, 0.2) is 29.3 Å². The van der Waals surface area contributed by atoms with Crippen molar-refractivity contribution in [1.29, 1.82) is 0 Å². The summed E-state index contributed by atoms with van der Waals surface area (Å²) in [6, 6.07) is 5.78.